The molecular formula is C16H22BrNO3. The van der Waals surface area contributed by atoms with E-state index in [4.69, 9.17) is 9.47 Å². The summed E-state index contributed by atoms with van der Waals surface area (Å²) in [7, 11) is 1.59. The molecule has 5 heteroatoms. The molecule has 1 amide bonds. The van der Waals surface area contributed by atoms with Crippen LogP contribution in [0.25, 0.3) is 0 Å². The van der Waals surface area contributed by atoms with E-state index in [1.54, 1.807) is 7.11 Å². The molecule has 2 rings (SSSR count). The molecule has 1 fully saturated rings. The number of amides is 1. The van der Waals surface area contributed by atoms with Crippen molar-refractivity contribution in [3.63, 3.8) is 0 Å². The second-order valence-corrected chi connectivity index (χ2v) is 6.69. The van der Waals surface area contributed by atoms with E-state index in [0.717, 1.165) is 5.56 Å². The number of rotatable bonds is 3. The average molecular weight is 356 g/mol. The van der Waals surface area contributed by atoms with E-state index in [2.05, 4.69) is 15.9 Å². The molecule has 1 saturated heterocycles. The molecule has 0 radical (unpaired) electrons. The van der Waals surface area contributed by atoms with Crippen molar-refractivity contribution in [3.8, 4) is 5.75 Å². The summed E-state index contributed by atoms with van der Waals surface area (Å²) in [6.07, 6.45) is 0.00787. The normalized spacial score (nSPS) is 21.2. The third-order valence-electron chi connectivity index (χ3n) is 3.53. The summed E-state index contributed by atoms with van der Waals surface area (Å²) >= 11 is 3.45. The number of benzene rings is 1. The lowest BCUT2D eigenvalue weighted by Gasteiger charge is -2.42. The molecule has 0 N–H and O–H groups in total. The van der Waals surface area contributed by atoms with Crippen LogP contribution in [0.15, 0.2) is 18.2 Å². The van der Waals surface area contributed by atoms with Crippen LogP contribution in [-0.2, 0) is 4.74 Å². The first kappa shape index (κ1) is 16.3. The van der Waals surface area contributed by atoms with Gasteiger partial charge in [-0.1, -0.05) is 27.6 Å². The zero-order valence-electron chi connectivity index (χ0n) is 13.0. The highest BCUT2D eigenvalue weighted by Gasteiger charge is 2.36. The number of carbonyl (C=O) groups is 1. The molecule has 1 atom stereocenters. The maximum Gasteiger partial charge on any atom is 0.257 e. The van der Waals surface area contributed by atoms with Gasteiger partial charge in [0.1, 0.15) is 5.75 Å². The van der Waals surface area contributed by atoms with Gasteiger partial charge < -0.3 is 14.4 Å². The fourth-order valence-electron chi connectivity index (χ4n) is 2.69. The number of methoxy groups -OCH3 is 1. The number of ether oxygens (including phenoxy) is 2. The van der Waals surface area contributed by atoms with Crippen LogP contribution in [0.2, 0.25) is 0 Å². The Kier molecular flexibility index (Phi) is 4.94. The first-order valence-corrected chi connectivity index (χ1v) is 8.16. The summed E-state index contributed by atoms with van der Waals surface area (Å²) < 4.78 is 11.3. The second-order valence-electron chi connectivity index (χ2n) is 6.04. The number of alkyl halides is 1. The number of hydrogen-bond acceptors (Lipinski definition) is 3. The molecule has 1 heterocycles. The quantitative estimate of drug-likeness (QED) is 0.782. The summed E-state index contributed by atoms with van der Waals surface area (Å²) in [4.78, 5) is 14.7. The van der Waals surface area contributed by atoms with E-state index >= 15 is 0 Å². The van der Waals surface area contributed by atoms with Gasteiger partial charge in [0.15, 0.2) is 0 Å². The molecule has 0 spiro atoms. The van der Waals surface area contributed by atoms with Crippen LogP contribution in [0.3, 0.4) is 0 Å². The van der Waals surface area contributed by atoms with Gasteiger partial charge in [0.05, 0.1) is 24.4 Å². The summed E-state index contributed by atoms with van der Waals surface area (Å²) in [6, 6.07) is 5.67. The van der Waals surface area contributed by atoms with Crippen molar-refractivity contribution in [3.05, 3.63) is 29.3 Å². The van der Waals surface area contributed by atoms with E-state index in [1.807, 2.05) is 43.9 Å². The van der Waals surface area contributed by atoms with E-state index in [0.29, 0.717) is 29.7 Å². The minimum atomic E-state index is -0.344. The number of nitrogens with zero attached hydrogens (tertiary/aromatic N) is 1. The molecule has 0 saturated carbocycles. The van der Waals surface area contributed by atoms with Gasteiger partial charge in [-0.2, -0.15) is 0 Å². The summed E-state index contributed by atoms with van der Waals surface area (Å²) in [5, 5.41) is 0.713. The number of hydrogen-bond donors (Lipinski definition) is 0. The van der Waals surface area contributed by atoms with Crippen molar-refractivity contribution in [1.82, 2.24) is 4.90 Å². The van der Waals surface area contributed by atoms with Gasteiger partial charge in [0.25, 0.3) is 5.91 Å². The monoisotopic (exact) mass is 355 g/mol. The van der Waals surface area contributed by atoms with Crippen molar-refractivity contribution in [2.45, 2.75) is 32.5 Å². The summed E-state index contributed by atoms with van der Waals surface area (Å²) in [5.41, 5.74) is 1.32. The van der Waals surface area contributed by atoms with Crippen LogP contribution < -0.4 is 4.74 Å². The van der Waals surface area contributed by atoms with Gasteiger partial charge in [-0.25, -0.2) is 0 Å². The van der Waals surface area contributed by atoms with Gasteiger partial charge in [-0.3, -0.25) is 4.79 Å². The number of carbonyl (C=O) groups excluding carboxylic acids is 1. The number of aryl methyl sites for hydroxylation is 1. The van der Waals surface area contributed by atoms with E-state index in [1.165, 1.54) is 0 Å². The summed E-state index contributed by atoms with van der Waals surface area (Å²) in [6.45, 7) is 7.16. The Bertz CT molecular complexity index is 530. The Labute approximate surface area is 134 Å². The van der Waals surface area contributed by atoms with Gasteiger partial charge in [0, 0.05) is 18.4 Å². The van der Waals surface area contributed by atoms with Crippen LogP contribution in [0.4, 0.5) is 0 Å². The lowest BCUT2D eigenvalue weighted by atomic mass is 10.0. The Morgan fingerprint density at radius 2 is 2.24 bits per heavy atom. The molecule has 1 unspecified atom stereocenters. The van der Waals surface area contributed by atoms with E-state index < -0.39 is 0 Å². The van der Waals surface area contributed by atoms with Crippen LogP contribution in [-0.4, -0.2) is 48.0 Å². The Morgan fingerprint density at radius 1 is 1.52 bits per heavy atom. The standard InChI is InChI=1S/C16H22BrNO3/c1-11-5-6-14(20-4)13(7-11)15(19)18-9-12(8-17)21-16(2,3)10-18/h5-7,12H,8-10H2,1-4H3. The minimum Gasteiger partial charge on any atom is -0.496 e. The lowest BCUT2D eigenvalue weighted by molar-refractivity contribution is -0.116. The van der Waals surface area contributed by atoms with Gasteiger partial charge in [-0.05, 0) is 32.9 Å². The Balaban J connectivity index is 2.28. The topological polar surface area (TPSA) is 38.8 Å². The van der Waals surface area contributed by atoms with Crippen LogP contribution in [0, 0.1) is 6.92 Å². The predicted octanol–water partition coefficient (Wildman–Crippen LogP) is 3.02. The maximum atomic E-state index is 12.9. The van der Waals surface area contributed by atoms with Crippen LogP contribution in [0.5, 0.6) is 5.75 Å². The van der Waals surface area contributed by atoms with Crippen LogP contribution >= 0.6 is 15.9 Å². The Morgan fingerprint density at radius 3 is 2.86 bits per heavy atom. The SMILES string of the molecule is COc1ccc(C)cc1C(=O)N1CC(CBr)OC(C)(C)C1. The smallest absolute Gasteiger partial charge is 0.257 e. The molecule has 0 aromatic heterocycles. The molecule has 1 aliphatic heterocycles. The highest BCUT2D eigenvalue weighted by Crippen LogP contribution is 2.27. The fourth-order valence-corrected chi connectivity index (χ4v) is 3.03. The maximum absolute atomic E-state index is 12.9. The number of halogens is 1. The average Bonchev–Trinajstić information content (AvgIpc) is 2.44. The lowest BCUT2D eigenvalue weighted by Crippen LogP contribution is -2.55. The predicted molar refractivity (Wildman–Crippen MR) is 86.4 cm³/mol. The zero-order chi connectivity index (χ0) is 15.6. The first-order chi connectivity index (χ1) is 9.86. The molecule has 1 aliphatic rings. The molecule has 1 aromatic rings. The van der Waals surface area contributed by atoms with E-state index in [9.17, 15) is 4.79 Å². The molecule has 21 heavy (non-hydrogen) atoms. The Hall–Kier alpha value is -1.07. The largest absolute Gasteiger partial charge is 0.496 e. The van der Waals surface area contributed by atoms with Gasteiger partial charge in [0.2, 0.25) is 0 Å². The zero-order valence-corrected chi connectivity index (χ0v) is 14.6. The fraction of sp³-hybridized carbons (Fsp3) is 0.562. The molecule has 1 aromatic carbocycles. The molecular weight excluding hydrogens is 334 g/mol. The van der Waals surface area contributed by atoms with E-state index in [-0.39, 0.29) is 17.6 Å². The highest BCUT2D eigenvalue weighted by atomic mass is 79.9. The molecule has 116 valence electrons. The second kappa shape index (κ2) is 6.36. The van der Waals surface area contributed by atoms with Crippen LogP contribution in [0.1, 0.15) is 29.8 Å². The van der Waals surface area contributed by atoms with Gasteiger partial charge in [-0.15, -0.1) is 0 Å². The van der Waals surface area contributed by atoms with Crippen molar-refractivity contribution in [2.75, 3.05) is 25.5 Å². The van der Waals surface area contributed by atoms with Crippen molar-refractivity contribution < 1.29 is 14.3 Å². The third kappa shape index (κ3) is 3.77. The molecule has 0 aliphatic carbocycles. The molecule has 0 bridgehead atoms. The van der Waals surface area contributed by atoms with Crippen molar-refractivity contribution in [1.29, 1.82) is 0 Å². The van der Waals surface area contributed by atoms with Gasteiger partial charge >= 0.3 is 0 Å². The minimum absolute atomic E-state index is 0.00197. The van der Waals surface area contributed by atoms with Crippen molar-refractivity contribution >= 4 is 21.8 Å². The summed E-state index contributed by atoms with van der Waals surface area (Å²) in [5.74, 6) is 0.614. The molecule has 4 nitrogen and oxygen atoms in total. The number of morpholine rings is 1. The first-order valence-electron chi connectivity index (χ1n) is 7.04. The van der Waals surface area contributed by atoms with Crippen molar-refractivity contribution in [2.24, 2.45) is 0 Å². The third-order valence-corrected chi connectivity index (χ3v) is 4.25. The highest BCUT2D eigenvalue weighted by molar-refractivity contribution is 9.09.